The van der Waals surface area contributed by atoms with Gasteiger partial charge in [-0.05, 0) is 60.3 Å². The molecule has 0 unspecified atom stereocenters. The molecule has 2 aromatic rings. The Morgan fingerprint density at radius 3 is 2.79 bits per heavy atom. The average Bonchev–Trinajstić information content (AvgIpc) is 3.14. The lowest BCUT2D eigenvalue weighted by atomic mass is 10.1. The van der Waals surface area contributed by atoms with E-state index in [0.717, 1.165) is 33.5 Å². The first-order chi connectivity index (χ1) is 11.5. The Kier molecular flexibility index (Phi) is 5.06. The van der Waals surface area contributed by atoms with E-state index in [1.54, 1.807) is 6.08 Å². The summed E-state index contributed by atoms with van der Waals surface area (Å²) in [6, 6.07) is 9.81. The molecule has 1 aromatic heterocycles. The number of nitrogens with zero attached hydrogens (tertiary/aromatic N) is 1. The maximum absolute atomic E-state index is 12.4. The number of rotatable bonds is 5. The lowest BCUT2D eigenvalue weighted by molar-refractivity contribution is -0.123. The van der Waals surface area contributed by atoms with E-state index in [9.17, 15) is 9.59 Å². The Hall–Kier alpha value is -2.05. The number of ether oxygens (including phenoxy) is 1. The fourth-order valence-electron chi connectivity index (χ4n) is 2.31. The maximum atomic E-state index is 12.4. The minimum Gasteiger partial charge on any atom is -0.491 e. The highest BCUT2D eigenvalue weighted by Gasteiger charge is 2.34. The summed E-state index contributed by atoms with van der Waals surface area (Å²) in [5.74, 6) is 0.541. The van der Waals surface area contributed by atoms with E-state index in [0.29, 0.717) is 4.91 Å². The number of thiophene rings is 1. The second kappa shape index (κ2) is 7.23. The molecule has 0 aliphatic carbocycles. The summed E-state index contributed by atoms with van der Waals surface area (Å²) in [6.45, 7) is 4.51. The van der Waals surface area contributed by atoms with Crippen LogP contribution >= 0.6 is 23.1 Å². The van der Waals surface area contributed by atoms with Crippen molar-refractivity contribution in [3.8, 4) is 5.75 Å². The average molecular weight is 359 g/mol. The van der Waals surface area contributed by atoms with Gasteiger partial charge in [-0.15, -0.1) is 11.3 Å². The van der Waals surface area contributed by atoms with Crippen molar-refractivity contribution in [2.24, 2.45) is 0 Å². The molecular formula is C18H17NO3S2. The van der Waals surface area contributed by atoms with E-state index in [-0.39, 0.29) is 24.3 Å². The molecule has 124 valence electrons. The largest absolute Gasteiger partial charge is 0.491 e. The third kappa shape index (κ3) is 3.71. The van der Waals surface area contributed by atoms with Crippen LogP contribution in [0.3, 0.4) is 0 Å². The quantitative estimate of drug-likeness (QED) is 0.739. The zero-order chi connectivity index (χ0) is 17.1. The fourth-order valence-corrected chi connectivity index (χ4v) is 3.89. The monoisotopic (exact) mass is 359 g/mol. The predicted molar refractivity (Wildman–Crippen MR) is 98.4 cm³/mol. The van der Waals surface area contributed by atoms with Crippen LogP contribution in [-0.4, -0.2) is 29.2 Å². The van der Waals surface area contributed by atoms with E-state index in [4.69, 9.17) is 4.74 Å². The number of imide groups is 1. The minimum atomic E-state index is -0.247. The van der Waals surface area contributed by atoms with Gasteiger partial charge in [0.2, 0.25) is 0 Å². The smallest absolute Gasteiger partial charge is 0.293 e. The van der Waals surface area contributed by atoms with Gasteiger partial charge in [-0.3, -0.25) is 14.5 Å². The van der Waals surface area contributed by atoms with Crippen LogP contribution in [-0.2, 0) is 4.79 Å². The number of carbonyl (C=O) groups excluding carboxylic acids is 2. The second-order valence-electron chi connectivity index (χ2n) is 5.47. The molecule has 0 saturated carbocycles. The van der Waals surface area contributed by atoms with E-state index in [1.165, 1.54) is 16.2 Å². The van der Waals surface area contributed by atoms with Crippen LogP contribution < -0.4 is 4.74 Å². The summed E-state index contributed by atoms with van der Waals surface area (Å²) in [7, 11) is 0. The number of amides is 2. The van der Waals surface area contributed by atoms with Crippen molar-refractivity contribution < 1.29 is 14.3 Å². The van der Waals surface area contributed by atoms with Gasteiger partial charge in [0.1, 0.15) is 12.4 Å². The molecule has 1 aliphatic heterocycles. The van der Waals surface area contributed by atoms with E-state index >= 15 is 0 Å². The predicted octanol–water partition coefficient (Wildman–Crippen LogP) is 4.48. The Bertz CT molecular complexity index is 797. The van der Waals surface area contributed by atoms with Crippen LogP contribution in [0.1, 0.15) is 16.0 Å². The van der Waals surface area contributed by atoms with Crippen LogP contribution in [0.5, 0.6) is 5.75 Å². The molecule has 2 amide bonds. The summed E-state index contributed by atoms with van der Waals surface area (Å²) in [5, 5.41) is 1.70. The van der Waals surface area contributed by atoms with Gasteiger partial charge in [-0.1, -0.05) is 18.2 Å². The van der Waals surface area contributed by atoms with Crippen LogP contribution in [0.25, 0.3) is 6.08 Å². The molecular weight excluding hydrogens is 342 g/mol. The highest BCUT2D eigenvalue weighted by atomic mass is 32.2. The van der Waals surface area contributed by atoms with Crippen molar-refractivity contribution in [3.63, 3.8) is 0 Å². The van der Waals surface area contributed by atoms with Gasteiger partial charge in [-0.25, -0.2) is 0 Å². The van der Waals surface area contributed by atoms with Gasteiger partial charge in [-0.2, -0.15) is 0 Å². The van der Waals surface area contributed by atoms with Gasteiger partial charge < -0.3 is 4.74 Å². The van der Waals surface area contributed by atoms with Gasteiger partial charge >= 0.3 is 0 Å². The molecule has 24 heavy (non-hydrogen) atoms. The summed E-state index contributed by atoms with van der Waals surface area (Å²) in [5.41, 5.74) is 2.15. The highest BCUT2D eigenvalue weighted by molar-refractivity contribution is 8.18. The van der Waals surface area contributed by atoms with Crippen molar-refractivity contribution >= 4 is 40.3 Å². The molecule has 0 bridgehead atoms. The van der Waals surface area contributed by atoms with Gasteiger partial charge in [0, 0.05) is 4.88 Å². The second-order valence-corrected chi connectivity index (χ2v) is 7.44. The summed E-state index contributed by atoms with van der Waals surface area (Å²) < 4.78 is 5.74. The lowest BCUT2D eigenvalue weighted by Gasteiger charge is -2.14. The Balaban J connectivity index is 1.62. The van der Waals surface area contributed by atoms with Crippen molar-refractivity contribution in [3.05, 3.63) is 56.6 Å². The molecule has 6 heteroatoms. The SMILES string of the molecule is Cc1ccc(C)c(OCCN2C(=O)S/C(=C\c3cccs3)C2=O)c1. The molecule has 3 rings (SSSR count). The van der Waals surface area contributed by atoms with Crippen molar-refractivity contribution in [1.82, 2.24) is 4.90 Å². The number of carbonyl (C=O) groups is 2. The number of benzene rings is 1. The van der Waals surface area contributed by atoms with E-state index in [2.05, 4.69) is 0 Å². The molecule has 0 N–H and O–H groups in total. The molecule has 4 nitrogen and oxygen atoms in total. The van der Waals surface area contributed by atoms with Crippen LogP contribution in [0.4, 0.5) is 4.79 Å². The first kappa shape index (κ1) is 16.8. The van der Waals surface area contributed by atoms with E-state index in [1.807, 2.05) is 49.6 Å². The summed E-state index contributed by atoms with van der Waals surface area (Å²) in [6.07, 6.45) is 1.77. The molecule has 1 saturated heterocycles. The molecule has 0 radical (unpaired) electrons. The van der Waals surface area contributed by atoms with Crippen LogP contribution in [0, 0.1) is 13.8 Å². The normalized spacial score (nSPS) is 16.2. The standard InChI is InChI=1S/C18H17NO3S2/c1-12-5-6-13(2)15(10-12)22-8-7-19-17(20)16(24-18(19)21)11-14-4-3-9-23-14/h3-6,9-11H,7-8H2,1-2H3/b16-11-. The zero-order valence-electron chi connectivity index (χ0n) is 13.4. The number of aryl methyl sites for hydroxylation is 2. The molecule has 2 heterocycles. The third-order valence-electron chi connectivity index (χ3n) is 3.61. The number of hydrogen-bond donors (Lipinski definition) is 0. The van der Waals surface area contributed by atoms with Gasteiger partial charge in [0.25, 0.3) is 11.1 Å². The number of hydrogen-bond acceptors (Lipinski definition) is 5. The maximum Gasteiger partial charge on any atom is 0.293 e. The topological polar surface area (TPSA) is 46.6 Å². The fraction of sp³-hybridized carbons (Fsp3) is 0.222. The van der Waals surface area contributed by atoms with E-state index < -0.39 is 0 Å². The molecule has 0 spiro atoms. The molecule has 1 aromatic carbocycles. The summed E-state index contributed by atoms with van der Waals surface area (Å²) in [4.78, 5) is 27.1. The first-order valence-electron chi connectivity index (χ1n) is 7.53. The Morgan fingerprint density at radius 2 is 2.04 bits per heavy atom. The van der Waals surface area contributed by atoms with Crippen molar-refractivity contribution in [2.45, 2.75) is 13.8 Å². The minimum absolute atomic E-state index is 0.243. The molecule has 1 aliphatic rings. The number of thioether (sulfide) groups is 1. The Labute approximate surface area is 149 Å². The lowest BCUT2D eigenvalue weighted by Crippen LogP contribution is -2.32. The Morgan fingerprint density at radius 1 is 1.21 bits per heavy atom. The zero-order valence-corrected chi connectivity index (χ0v) is 15.1. The molecule has 0 atom stereocenters. The van der Waals surface area contributed by atoms with Crippen LogP contribution in [0.2, 0.25) is 0 Å². The van der Waals surface area contributed by atoms with Crippen LogP contribution in [0.15, 0.2) is 40.6 Å². The van der Waals surface area contributed by atoms with Crippen molar-refractivity contribution in [2.75, 3.05) is 13.2 Å². The highest BCUT2D eigenvalue weighted by Crippen LogP contribution is 2.32. The third-order valence-corrected chi connectivity index (χ3v) is 5.33. The summed E-state index contributed by atoms with van der Waals surface area (Å²) >= 11 is 2.52. The first-order valence-corrected chi connectivity index (χ1v) is 9.23. The van der Waals surface area contributed by atoms with Gasteiger partial charge in [0.05, 0.1) is 11.4 Å². The van der Waals surface area contributed by atoms with Crippen molar-refractivity contribution in [1.29, 1.82) is 0 Å². The molecule has 1 fully saturated rings. The van der Waals surface area contributed by atoms with Gasteiger partial charge in [0.15, 0.2) is 0 Å².